The number of aliphatic carboxylic acids is 1. The summed E-state index contributed by atoms with van der Waals surface area (Å²) in [6.07, 6.45) is 0.501. The lowest BCUT2D eigenvalue weighted by Gasteiger charge is -2.40. The van der Waals surface area contributed by atoms with Crippen LogP contribution in [-0.2, 0) is 26.3 Å². The fourth-order valence-corrected chi connectivity index (χ4v) is 3.68. The van der Waals surface area contributed by atoms with Gasteiger partial charge in [-0.15, -0.1) is 0 Å². The predicted octanol–water partition coefficient (Wildman–Crippen LogP) is 2.24. The highest BCUT2D eigenvalue weighted by atomic mass is 16.5. The third-order valence-corrected chi connectivity index (χ3v) is 5.33. The molecule has 6 nitrogen and oxygen atoms in total. The minimum atomic E-state index is -0.979. The summed E-state index contributed by atoms with van der Waals surface area (Å²) >= 11 is 0. The molecular formula is C19H25NO5. The maximum Gasteiger partial charge on any atom is 0.312 e. The second kappa shape index (κ2) is 5.73. The van der Waals surface area contributed by atoms with Crippen molar-refractivity contribution >= 4 is 11.9 Å². The Kier molecular flexibility index (Phi) is 4.06. The molecule has 0 atom stereocenters. The molecule has 2 N–H and O–H groups in total. The van der Waals surface area contributed by atoms with Crippen molar-refractivity contribution in [3.63, 3.8) is 0 Å². The van der Waals surface area contributed by atoms with Gasteiger partial charge >= 0.3 is 5.97 Å². The zero-order valence-corrected chi connectivity index (χ0v) is 15.1. The van der Waals surface area contributed by atoms with E-state index in [1.165, 1.54) is 0 Å². The molecule has 6 heteroatoms. The topological polar surface area (TPSA) is 84.9 Å². The Morgan fingerprint density at radius 2 is 2.00 bits per heavy atom. The second-order valence-electron chi connectivity index (χ2n) is 8.18. The third kappa shape index (κ3) is 2.88. The van der Waals surface area contributed by atoms with Crippen LogP contribution < -0.4 is 10.1 Å². The van der Waals surface area contributed by atoms with Gasteiger partial charge in [-0.3, -0.25) is 9.59 Å². The molecule has 1 aliphatic carbocycles. The van der Waals surface area contributed by atoms with E-state index in [0.29, 0.717) is 12.3 Å². The Balaban J connectivity index is 1.70. The van der Waals surface area contributed by atoms with Crippen molar-refractivity contribution in [3.8, 4) is 5.75 Å². The Morgan fingerprint density at radius 3 is 2.52 bits per heavy atom. The monoisotopic (exact) mass is 347 g/mol. The molecule has 0 aromatic heterocycles. The van der Waals surface area contributed by atoms with Crippen LogP contribution >= 0.6 is 0 Å². The lowest BCUT2D eigenvalue weighted by Crippen LogP contribution is -2.57. The Hall–Kier alpha value is -2.08. The molecule has 2 aliphatic heterocycles. The average Bonchev–Trinajstić information content (AvgIpc) is 3.09. The SMILES string of the molecule is COc1ccc(C(C)(C)C)cc1CNC(=O)C12CC(C(=O)O)(CO1)C2. The molecular weight excluding hydrogens is 322 g/mol. The van der Waals surface area contributed by atoms with Crippen LogP contribution in [0.1, 0.15) is 44.7 Å². The Labute approximate surface area is 147 Å². The molecule has 0 spiro atoms. The van der Waals surface area contributed by atoms with Gasteiger partial charge in [-0.2, -0.15) is 0 Å². The number of ether oxygens (including phenoxy) is 2. The van der Waals surface area contributed by atoms with Gasteiger partial charge in [0, 0.05) is 24.9 Å². The first-order valence-electron chi connectivity index (χ1n) is 8.45. The van der Waals surface area contributed by atoms with Gasteiger partial charge in [0.1, 0.15) is 11.4 Å². The third-order valence-electron chi connectivity index (χ3n) is 5.33. The zero-order valence-electron chi connectivity index (χ0n) is 15.1. The largest absolute Gasteiger partial charge is 0.496 e. The van der Waals surface area contributed by atoms with Gasteiger partial charge in [0.05, 0.1) is 19.1 Å². The van der Waals surface area contributed by atoms with Crippen molar-refractivity contribution in [3.05, 3.63) is 29.3 Å². The quantitative estimate of drug-likeness (QED) is 0.853. The van der Waals surface area contributed by atoms with Crippen LogP contribution in [0, 0.1) is 5.41 Å². The van der Waals surface area contributed by atoms with E-state index >= 15 is 0 Å². The molecule has 4 rings (SSSR count). The number of methoxy groups -OCH3 is 1. The van der Waals surface area contributed by atoms with E-state index in [4.69, 9.17) is 9.47 Å². The van der Waals surface area contributed by atoms with Gasteiger partial charge in [-0.05, 0) is 23.1 Å². The van der Waals surface area contributed by atoms with Crippen LogP contribution in [0.2, 0.25) is 0 Å². The molecule has 0 radical (unpaired) electrons. The minimum absolute atomic E-state index is 0.00660. The number of carbonyl (C=O) groups excluding carboxylic acids is 1. The lowest BCUT2D eigenvalue weighted by molar-refractivity contribution is -0.158. The maximum atomic E-state index is 12.6. The highest BCUT2D eigenvalue weighted by Gasteiger charge is 2.70. The Bertz CT molecular complexity index is 713. The van der Waals surface area contributed by atoms with E-state index < -0.39 is 17.0 Å². The standard InChI is InChI=1S/C19H25NO5/c1-17(2,3)13-5-6-14(24-4)12(7-13)8-20-15(21)19-9-18(10-19,11-25-19)16(22)23/h5-7H,8-11H2,1-4H3,(H,20,21)(H,22,23). The van der Waals surface area contributed by atoms with Crippen molar-refractivity contribution in [2.24, 2.45) is 5.41 Å². The molecule has 25 heavy (non-hydrogen) atoms. The van der Waals surface area contributed by atoms with Crippen LogP contribution in [-0.4, -0.2) is 36.3 Å². The van der Waals surface area contributed by atoms with Crippen LogP contribution in [0.5, 0.6) is 5.75 Å². The molecule has 2 bridgehead atoms. The average molecular weight is 347 g/mol. The van der Waals surface area contributed by atoms with Gasteiger partial charge < -0.3 is 19.9 Å². The highest BCUT2D eigenvalue weighted by molar-refractivity contribution is 5.92. The molecule has 136 valence electrons. The summed E-state index contributed by atoms with van der Waals surface area (Å²) in [5, 5.41) is 12.2. The van der Waals surface area contributed by atoms with E-state index in [2.05, 4.69) is 26.1 Å². The number of carboxylic acids is 1. The van der Waals surface area contributed by atoms with Crippen molar-refractivity contribution in [1.29, 1.82) is 0 Å². The van der Waals surface area contributed by atoms with Gasteiger partial charge in [-0.25, -0.2) is 0 Å². The number of rotatable bonds is 5. The molecule has 3 fully saturated rings. The summed E-state index contributed by atoms with van der Waals surface area (Å²) in [7, 11) is 1.60. The first-order chi connectivity index (χ1) is 11.6. The fraction of sp³-hybridized carbons (Fsp3) is 0.579. The number of amides is 1. The number of fused-ring (bicyclic) bond motifs is 1. The van der Waals surface area contributed by atoms with Crippen LogP contribution in [0.4, 0.5) is 0 Å². The first-order valence-corrected chi connectivity index (χ1v) is 8.45. The molecule has 2 saturated heterocycles. The summed E-state index contributed by atoms with van der Waals surface area (Å²) in [5.41, 5.74) is 0.185. The van der Waals surface area contributed by atoms with Crippen molar-refractivity contribution in [1.82, 2.24) is 5.32 Å². The lowest BCUT2D eigenvalue weighted by atomic mass is 9.62. The van der Waals surface area contributed by atoms with Gasteiger partial charge in [0.2, 0.25) is 0 Å². The van der Waals surface area contributed by atoms with Gasteiger partial charge in [0.25, 0.3) is 5.91 Å². The molecule has 1 saturated carbocycles. The van der Waals surface area contributed by atoms with Crippen LogP contribution in [0.3, 0.4) is 0 Å². The number of hydrogen-bond acceptors (Lipinski definition) is 4. The van der Waals surface area contributed by atoms with E-state index in [9.17, 15) is 14.7 Å². The van der Waals surface area contributed by atoms with Gasteiger partial charge in [0.15, 0.2) is 0 Å². The van der Waals surface area contributed by atoms with Crippen molar-refractivity contribution < 1.29 is 24.2 Å². The van der Waals surface area contributed by atoms with E-state index in [1.54, 1.807) is 7.11 Å². The predicted molar refractivity (Wildman–Crippen MR) is 91.5 cm³/mol. The molecule has 3 aliphatic rings. The number of carbonyl (C=O) groups is 2. The number of carboxylic acid groups (broad SMARTS) is 1. The summed E-state index contributed by atoms with van der Waals surface area (Å²) in [6, 6.07) is 5.97. The zero-order chi connectivity index (χ0) is 18.5. The van der Waals surface area contributed by atoms with Crippen LogP contribution in [0.15, 0.2) is 18.2 Å². The normalized spacial score (nSPS) is 27.5. The minimum Gasteiger partial charge on any atom is -0.496 e. The van der Waals surface area contributed by atoms with E-state index in [0.717, 1.165) is 11.1 Å². The smallest absolute Gasteiger partial charge is 0.312 e. The summed E-state index contributed by atoms with van der Waals surface area (Å²) in [4.78, 5) is 23.8. The number of nitrogens with one attached hydrogen (secondary N) is 1. The molecule has 1 amide bonds. The van der Waals surface area contributed by atoms with Crippen molar-refractivity contribution in [2.75, 3.05) is 13.7 Å². The number of benzene rings is 1. The van der Waals surface area contributed by atoms with E-state index in [1.807, 2.05) is 18.2 Å². The van der Waals surface area contributed by atoms with Gasteiger partial charge in [-0.1, -0.05) is 26.8 Å². The molecule has 2 heterocycles. The maximum absolute atomic E-state index is 12.6. The van der Waals surface area contributed by atoms with Crippen molar-refractivity contribution in [2.45, 2.75) is 51.2 Å². The first kappa shape index (κ1) is 17.7. The van der Waals surface area contributed by atoms with E-state index in [-0.39, 0.29) is 30.8 Å². The Morgan fingerprint density at radius 1 is 1.32 bits per heavy atom. The highest BCUT2D eigenvalue weighted by Crippen LogP contribution is 2.58. The second-order valence-corrected chi connectivity index (χ2v) is 8.18. The molecule has 1 aromatic rings. The number of hydrogen-bond donors (Lipinski definition) is 2. The summed E-state index contributed by atoms with van der Waals surface area (Å²) in [6.45, 7) is 6.81. The fourth-order valence-electron chi connectivity index (χ4n) is 3.68. The summed E-state index contributed by atoms with van der Waals surface area (Å²) in [5.74, 6) is -0.412. The summed E-state index contributed by atoms with van der Waals surface area (Å²) < 4.78 is 10.9. The molecule has 0 unspecified atom stereocenters. The molecule has 1 aromatic carbocycles. The van der Waals surface area contributed by atoms with Crippen LogP contribution in [0.25, 0.3) is 0 Å².